The first kappa shape index (κ1) is 113. The highest BCUT2D eigenvalue weighted by Crippen LogP contribution is 1.96. The van der Waals surface area contributed by atoms with Crippen LogP contribution in [0.25, 0.3) is 0 Å². The zero-order valence-electron chi connectivity index (χ0n) is 68.3. The van der Waals surface area contributed by atoms with Crippen LogP contribution in [0.1, 0.15) is 32.1 Å². The van der Waals surface area contributed by atoms with Crippen molar-refractivity contribution < 1.29 is 144 Å². The molecule has 0 saturated heterocycles. The van der Waals surface area contributed by atoms with Gasteiger partial charge in [-0.2, -0.15) is 0 Å². The number of rotatable bonds is 81. The molecule has 0 atom stereocenters. The van der Waals surface area contributed by atoms with Gasteiger partial charge in [-0.25, -0.2) is 0 Å². The van der Waals surface area contributed by atoms with Gasteiger partial charge in [-0.15, -0.1) is 0 Å². The topological polar surface area (TPSA) is 394 Å². The lowest BCUT2D eigenvalue weighted by Crippen LogP contribution is -2.34. The van der Waals surface area contributed by atoms with Crippen molar-refractivity contribution >= 4 is 29.8 Å². The Morgan fingerprint density at radius 3 is 0.398 bits per heavy atom. The number of hydrogen-bond donors (Lipinski definition) is 5. The molecule has 0 saturated carbocycles. The summed E-state index contributed by atoms with van der Waals surface area (Å²) in [5.41, 5.74) is 0. The Morgan fingerprint density at radius 1 is 0.167 bits per heavy atom. The van der Waals surface area contributed by atoms with Gasteiger partial charge in [0, 0.05) is 127 Å². The summed E-state index contributed by atoms with van der Waals surface area (Å²) in [6, 6.07) is 0. The van der Waals surface area contributed by atoms with Crippen LogP contribution in [-0.2, 0) is 119 Å². The number of carbonyl (C=O) groups is 5. The van der Waals surface area contributed by atoms with E-state index in [-0.39, 0.29) is 65.1 Å². The van der Waals surface area contributed by atoms with Gasteiger partial charge in [-0.3, -0.25) is 24.0 Å². The van der Waals surface area contributed by atoms with Gasteiger partial charge >= 0.3 is 29.8 Å². The average molecular weight is 1580 g/mol. The Morgan fingerprint density at radius 2 is 0.269 bits per heavy atom. The van der Waals surface area contributed by atoms with Crippen molar-refractivity contribution in [1.29, 1.82) is 0 Å². The number of hydrogen-bond acceptors (Lipinski definition) is 32. The minimum absolute atomic E-state index is 0.0279. The van der Waals surface area contributed by atoms with E-state index in [1.165, 1.54) is 0 Å². The fourth-order valence-corrected chi connectivity index (χ4v) is 7.30. The average Bonchev–Trinajstić information content (AvgIpc) is 1.23. The first-order valence-corrected chi connectivity index (χ1v) is 37.1. The molecule has 0 aliphatic rings. The van der Waals surface area contributed by atoms with Gasteiger partial charge < -0.3 is 155 Å². The summed E-state index contributed by atoms with van der Waals surface area (Å²) in [5.74, 6) is -4.19. The summed E-state index contributed by atoms with van der Waals surface area (Å²) in [5, 5.41) is 42.2. The highest BCUT2D eigenvalue weighted by molar-refractivity contribution is 5.67. The second-order valence-corrected chi connectivity index (χ2v) is 24.0. The van der Waals surface area contributed by atoms with E-state index in [1.807, 2.05) is 28.2 Å². The number of carboxylic acids is 5. The van der Waals surface area contributed by atoms with Crippen LogP contribution in [0.2, 0.25) is 0 Å². The highest BCUT2D eigenvalue weighted by atomic mass is 16.6. The lowest BCUT2D eigenvalue weighted by molar-refractivity contribution is -0.139. The highest BCUT2D eigenvalue weighted by Gasteiger charge is 2.08. The number of methoxy groups -OCH3 is 5. The lowest BCUT2D eigenvalue weighted by atomic mass is 10.4. The molecular weight excluding hydrogens is 1430 g/mol. The van der Waals surface area contributed by atoms with Gasteiger partial charge in [0.05, 0.1) is 263 Å². The standard InChI is InChI=1S/C18H38N2O7.C15H31NO7.C14H30N2O5.C13H27NO6.C11H23NO5/c1-19(7-10-25-15-14-24-9-4-18(21)22)5-6-20(2)8-11-26-16-17-27-13-12-23-3;1-16(5-8-22-13-14-23-10-9-19-2)4-7-21-12-11-20-6-3-15(17)18;1-15(7-10-20-9-4-14(17)18)5-6-16(2)8-11-21-13-12-19-3;1-14(4-7-19-10-9-17-2)5-8-20-12-11-18-6-3-13(15)16;1-12(5-8-17-10-9-15-2)4-7-16-6-3-11(13)14/h4-17H2,1-3H3,(H,21,22);3-14H2,1-2H3,(H,17,18);4-13H2,1-3H3,(H,17,18);3-12H2,1-2H3,(H,15,16);3-10H2,1-2H3,(H,13,14). The first-order chi connectivity index (χ1) is 52.1. The molecule has 0 heterocycles. The molecule has 0 aromatic carbocycles. The molecular formula is C71H149N7O30. The van der Waals surface area contributed by atoms with Crippen LogP contribution in [0.3, 0.4) is 0 Å². The maximum Gasteiger partial charge on any atom is 0.305 e. The van der Waals surface area contributed by atoms with Crippen molar-refractivity contribution in [3.05, 3.63) is 0 Å². The second kappa shape index (κ2) is 95.6. The van der Waals surface area contributed by atoms with Crippen molar-refractivity contribution in [3.63, 3.8) is 0 Å². The number of likely N-dealkylation sites (N-methyl/N-ethyl adjacent to an activating group) is 7. The third-order valence-corrected chi connectivity index (χ3v) is 14.2. The quantitative estimate of drug-likeness (QED) is 0.0512. The van der Waals surface area contributed by atoms with Gasteiger partial charge in [-0.1, -0.05) is 0 Å². The molecule has 0 aromatic heterocycles. The number of carboxylic acid groups (broad SMARTS) is 5. The largest absolute Gasteiger partial charge is 0.481 e. The summed E-state index contributed by atoms with van der Waals surface area (Å²) in [7, 11) is 22.5. The van der Waals surface area contributed by atoms with Gasteiger partial charge in [0.15, 0.2) is 0 Å². The molecule has 0 aliphatic heterocycles. The number of nitrogens with zero attached hydrogens (tertiary/aromatic N) is 7. The van der Waals surface area contributed by atoms with Crippen molar-refractivity contribution in [2.75, 3.05) is 408 Å². The maximum absolute atomic E-state index is 10.3. The van der Waals surface area contributed by atoms with Crippen molar-refractivity contribution in [2.45, 2.75) is 32.1 Å². The number of ether oxygens (including phenoxy) is 20. The van der Waals surface area contributed by atoms with Gasteiger partial charge in [0.2, 0.25) is 0 Å². The Balaban J connectivity index is -0.000000412. The molecule has 0 aliphatic carbocycles. The lowest BCUT2D eigenvalue weighted by Gasteiger charge is -2.22. The molecule has 0 spiro atoms. The Kier molecular flexibility index (Phi) is 99.9. The monoisotopic (exact) mass is 1580 g/mol. The molecule has 0 radical (unpaired) electrons. The van der Waals surface area contributed by atoms with Gasteiger partial charge in [0.25, 0.3) is 0 Å². The van der Waals surface area contributed by atoms with E-state index in [2.05, 4.69) is 55.4 Å². The molecule has 0 rings (SSSR count). The van der Waals surface area contributed by atoms with Crippen LogP contribution in [0.4, 0.5) is 0 Å². The first-order valence-electron chi connectivity index (χ1n) is 37.1. The summed E-state index contributed by atoms with van der Waals surface area (Å²) in [6.45, 7) is 31.0. The van der Waals surface area contributed by atoms with E-state index in [9.17, 15) is 24.0 Å². The number of aliphatic carboxylic acids is 5. The van der Waals surface area contributed by atoms with Crippen molar-refractivity contribution in [3.8, 4) is 0 Å². The Bertz CT molecular complexity index is 1850. The molecule has 0 unspecified atom stereocenters. The van der Waals surface area contributed by atoms with Crippen molar-refractivity contribution in [2.24, 2.45) is 0 Å². The summed E-state index contributed by atoms with van der Waals surface area (Å²) in [4.78, 5) is 66.5. The minimum atomic E-state index is -0.851. The maximum atomic E-state index is 10.3. The van der Waals surface area contributed by atoms with E-state index >= 15 is 0 Å². The van der Waals surface area contributed by atoms with E-state index in [4.69, 9.17) is 120 Å². The predicted octanol–water partition coefficient (Wildman–Crippen LogP) is 0.309. The Hall–Kier alpha value is -3.73. The normalized spacial score (nSPS) is 11.3. The summed E-state index contributed by atoms with van der Waals surface area (Å²) < 4.78 is 104. The smallest absolute Gasteiger partial charge is 0.305 e. The SMILES string of the molecule is COCCOCCN(C)CCN(C)CCOCCC(=O)O.COCCOCCN(C)CCOCCC(=O)O.COCCOCCN(C)CCOCCOCCC(=O)O.COCCOCCOCCN(C)CCN(C)CCOCCOCCC(=O)O.COCCOCCOCCN(C)CCOCCOCCC(=O)O. The van der Waals surface area contributed by atoms with Crippen LogP contribution in [0.15, 0.2) is 0 Å². The molecule has 648 valence electrons. The van der Waals surface area contributed by atoms with E-state index in [0.29, 0.717) is 198 Å². The fraction of sp³-hybridized carbons (Fsp3) is 0.930. The zero-order valence-corrected chi connectivity index (χ0v) is 68.3. The third-order valence-electron chi connectivity index (χ3n) is 14.2. The molecule has 0 aromatic rings. The van der Waals surface area contributed by atoms with Gasteiger partial charge in [0.1, 0.15) is 0 Å². The third kappa shape index (κ3) is 113. The van der Waals surface area contributed by atoms with Crippen LogP contribution < -0.4 is 0 Å². The molecule has 5 N–H and O–H groups in total. The molecule has 0 amide bonds. The van der Waals surface area contributed by atoms with Crippen LogP contribution >= 0.6 is 0 Å². The molecule has 0 fully saturated rings. The molecule has 108 heavy (non-hydrogen) atoms. The fourth-order valence-electron chi connectivity index (χ4n) is 7.30. The predicted molar refractivity (Wildman–Crippen MR) is 405 cm³/mol. The zero-order chi connectivity index (χ0) is 81.3. The van der Waals surface area contributed by atoms with Crippen LogP contribution in [-0.4, -0.2) is 497 Å². The van der Waals surface area contributed by atoms with E-state index in [1.54, 1.807) is 35.5 Å². The van der Waals surface area contributed by atoms with Crippen molar-refractivity contribution in [1.82, 2.24) is 34.3 Å². The molecule has 37 nitrogen and oxygen atoms in total. The molecule has 0 bridgehead atoms. The van der Waals surface area contributed by atoms with E-state index in [0.717, 1.165) is 91.6 Å². The molecule has 37 heteroatoms. The Labute approximate surface area is 646 Å². The second-order valence-electron chi connectivity index (χ2n) is 24.0. The van der Waals surface area contributed by atoms with Crippen LogP contribution in [0, 0.1) is 0 Å². The van der Waals surface area contributed by atoms with Gasteiger partial charge in [-0.05, 0) is 49.3 Å². The van der Waals surface area contributed by atoms with E-state index < -0.39 is 29.8 Å². The summed E-state index contributed by atoms with van der Waals surface area (Å²) in [6.07, 6.45) is 0.217. The van der Waals surface area contributed by atoms with Crippen LogP contribution in [0.5, 0.6) is 0 Å². The summed E-state index contributed by atoms with van der Waals surface area (Å²) >= 11 is 0. The minimum Gasteiger partial charge on any atom is -0.481 e.